The van der Waals surface area contributed by atoms with Gasteiger partial charge in [-0.25, -0.2) is 13.8 Å². The number of hydrogen-bond donors (Lipinski definition) is 3. The summed E-state index contributed by atoms with van der Waals surface area (Å²) in [5, 5.41) is 22.4. The van der Waals surface area contributed by atoms with Crippen LogP contribution in [0.4, 0.5) is 23.4 Å². The zero-order chi connectivity index (χ0) is 21.7. The molecule has 0 atom stereocenters. The van der Waals surface area contributed by atoms with E-state index in [4.69, 9.17) is 0 Å². The molecule has 2 aromatic carbocycles. The largest absolute Gasteiger partial charge is 0.586 e. The van der Waals surface area contributed by atoms with Crippen molar-refractivity contribution in [3.05, 3.63) is 71.4 Å². The smallest absolute Gasteiger partial charge is 0.395 e. The zero-order valence-corrected chi connectivity index (χ0v) is 15.3. The number of nitrogens with zero attached hydrogens (tertiary/aromatic N) is 1. The molecule has 0 amide bonds. The Morgan fingerprint density at radius 2 is 1.63 bits per heavy atom. The Hall–Kier alpha value is -3.37. The molecule has 1 aromatic heterocycles. The molecule has 0 radical (unpaired) electrons. The molecule has 4 rings (SSSR count). The highest BCUT2D eigenvalue weighted by molar-refractivity contribution is 5.71. The molecule has 1 aliphatic heterocycles. The molecular formula is C20H14F4N2O4. The summed E-state index contributed by atoms with van der Waals surface area (Å²) in [5.74, 6) is -5.71. The topological polar surface area (TPSA) is 83.8 Å². The minimum Gasteiger partial charge on any atom is -0.395 e. The number of hydrogen-bond acceptors (Lipinski definition) is 6. The van der Waals surface area contributed by atoms with Crippen LogP contribution in [0.5, 0.6) is 11.5 Å². The van der Waals surface area contributed by atoms with Gasteiger partial charge < -0.3 is 25.0 Å². The number of nitrogens with one attached hydrogen (secondary N) is 1. The van der Waals surface area contributed by atoms with Crippen LogP contribution < -0.4 is 14.8 Å². The van der Waals surface area contributed by atoms with Gasteiger partial charge in [0, 0.05) is 11.8 Å². The van der Waals surface area contributed by atoms with Gasteiger partial charge in [-0.2, -0.15) is 0 Å². The first-order valence-corrected chi connectivity index (χ1v) is 8.60. The fraction of sp³-hybridized carbons (Fsp3) is 0.150. The van der Waals surface area contributed by atoms with Crippen molar-refractivity contribution in [2.24, 2.45) is 0 Å². The zero-order valence-electron chi connectivity index (χ0n) is 15.3. The summed E-state index contributed by atoms with van der Waals surface area (Å²) in [6.45, 7) is 1.68. The molecule has 10 heteroatoms. The van der Waals surface area contributed by atoms with Gasteiger partial charge in [0.05, 0.1) is 0 Å². The van der Waals surface area contributed by atoms with Gasteiger partial charge in [0.2, 0.25) is 0 Å². The summed E-state index contributed by atoms with van der Waals surface area (Å²) < 4.78 is 63.0. The second kappa shape index (κ2) is 6.85. The number of benzene rings is 2. The van der Waals surface area contributed by atoms with E-state index in [0.29, 0.717) is 16.7 Å². The van der Waals surface area contributed by atoms with Crippen LogP contribution in [0.3, 0.4) is 0 Å². The predicted molar refractivity (Wildman–Crippen MR) is 96.7 cm³/mol. The van der Waals surface area contributed by atoms with Crippen molar-refractivity contribution in [3.63, 3.8) is 0 Å². The van der Waals surface area contributed by atoms with Crippen LogP contribution in [-0.2, 0) is 5.91 Å². The van der Waals surface area contributed by atoms with Crippen LogP contribution in [0.15, 0.2) is 48.7 Å². The van der Waals surface area contributed by atoms with Crippen LogP contribution >= 0.6 is 0 Å². The molecule has 0 aliphatic carbocycles. The van der Waals surface area contributed by atoms with Crippen molar-refractivity contribution >= 4 is 5.82 Å². The molecule has 0 spiro atoms. The number of fused-ring (bicyclic) bond motifs is 1. The molecule has 0 bridgehead atoms. The van der Waals surface area contributed by atoms with Gasteiger partial charge >= 0.3 is 6.29 Å². The Morgan fingerprint density at radius 3 is 2.23 bits per heavy atom. The van der Waals surface area contributed by atoms with Gasteiger partial charge in [-0.05, 0) is 54.4 Å². The van der Waals surface area contributed by atoms with Gasteiger partial charge in [0.1, 0.15) is 23.0 Å². The lowest BCUT2D eigenvalue weighted by molar-refractivity contribution is -0.286. The van der Waals surface area contributed by atoms with Crippen molar-refractivity contribution in [1.82, 2.24) is 4.98 Å². The first-order chi connectivity index (χ1) is 14.1. The number of anilines is 1. The molecule has 0 saturated carbocycles. The lowest BCUT2D eigenvalue weighted by atomic mass is 10.0. The van der Waals surface area contributed by atoms with Gasteiger partial charge in [-0.3, -0.25) is 0 Å². The highest BCUT2D eigenvalue weighted by Crippen LogP contribution is 2.44. The second-order valence-corrected chi connectivity index (χ2v) is 6.61. The Bertz CT molecular complexity index is 1100. The normalized spacial score (nSPS) is 14.6. The number of rotatable bonds is 4. The SMILES string of the molecule is Cc1cc2c(cc1-c1ccc(NC(O)(O)c3c(F)cccc3F)nc1)OC(F)(F)O2. The highest BCUT2D eigenvalue weighted by atomic mass is 19.3. The third-order valence-electron chi connectivity index (χ3n) is 4.44. The van der Waals surface area contributed by atoms with Crippen LogP contribution in [0.2, 0.25) is 0 Å². The Labute approximate surface area is 167 Å². The summed E-state index contributed by atoms with van der Waals surface area (Å²) in [4.78, 5) is 3.99. The highest BCUT2D eigenvalue weighted by Gasteiger charge is 2.43. The van der Waals surface area contributed by atoms with Crippen molar-refractivity contribution in [3.8, 4) is 22.6 Å². The van der Waals surface area contributed by atoms with Crippen LogP contribution in [0.25, 0.3) is 11.1 Å². The van der Waals surface area contributed by atoms with Crippen molar-refractivity contribution in [2.75, 3.05) is 5.32 Å². The fourth-order valence-corrected chi connectivity index (χ4v) is 3.11. The monoisotopic (exact) mass is 422 g/mol. The third-order valence-corrected chi connectivity index (χ3v) is 4.44. The minimum absolute atomic E-state index is 0.0928. The molecule has 30 heavy (non-hydrogen) atoms. The summed E-state index contributed by atoms with van der Waals surface area (Å²) in [7, 11) is 0. The number of aryl methyl sites for hydroxylation is 1. The van der Waals surface area contributed by atoms with E-state index >= 15 is 0 Å². The van der Waals surface area contributed by atoms with Crippen LogP contribution in [0.1, 0.15) is 11.1 Å². The van der Waals surface area contributed by atoms with E-state index in [2.05, 4.69) is 19.8 Å². The number of aliphatic hydroxyl groups is 2. The maximum absolute atomic E-state index is 13.8. The first kappa shape index (κ1) is 19.9. The molecule has 0 saturated heterocycles. The Kier molecular flexibility index (Phi) is 4.55. The fourth-order valence-electron chi connectivity index (χ4n) is 3.11. The van der Waals surface area contributed by atoms with E-state index in [-0.39, 0.29) is 17.3 Å². The lowest BCUT2D eigenvalue weighted by Gasteiger charge is -2.24. The maximum Gasteiger partial charge on any atom is 0.586 e. The van der Waals surface area contributed by atoms with Crippen LogP contribution in [-0.4, -0.2) is 21.5 Å². The number of aromatic nitrogens is 1. The average molecular weight is 422 g/mol. The summed E-state index contributed by atoms with van der Waals surface area (Å²) in [6, 6.07) is 8.44. The maximum atomic E-state index is 13.8. The van der Waals surface area contributed by atoms with Gasteiger partial charge in [-0.1, -0.05) is 6.07 Å². The van der Waals surface area contributed by atoms with E-state index in [1.165, 1.54) is 30.5 Å². The van der Waals surface area contributed by atoms with E-state index in [0.717, 1.165) is 18.2 Å². The van der Waals surface area contributed by atoms with Gasteiger partial charge in [0.25, 0.3) is 5.91 Å². The summed E-state index contributed by atoms with van der Waals surface area (Å²) in [5.41, 5.74) is 0.639. The quantitative estimate of drug-likeness (QED) is 0.438. The number of ether oxygens (including phenoxy) is 2. The summed E-state index contributed by atoms with van der Waals surface area (Å²) >= 11 is 0. The third kappa shape index (κ3) is 3.62. The van der Waals surface area contributed by atoms with Crippen molar-refractivity contribution in [2.45, 2.75) is 19.1 Å². The average Bonchev–Trinajstić information content (AvgIpc) is 2.94. The Morgan fingerprint density at radius 1 is 1.00 bits per heavy atom. The first-order valence-electron chi connectivity index (χ1n) is 8.60. The number of pyridine rings is 1. The molecule has 0 unspecified atom stereocenters. The van der Waals surface area contributed by atoms with E-state index in [1.807, 2.05) is 0 Å². The van der Waals surface area contributed by atoms with Crippen molar-refractivity contribution < 1.29 is 37.2 Å². The number of halogens is 4. The number of alkyl halides is 2. The van der Waals surface area contributed by atoms with Crippen molar-refractivity contribution in [1.29, 1.82) is 0 Å². The van der Waals surface area contributed by atoms with E-state index in [1.54, 1.807) is 6.92 Å². The Balaban J connectivity index is 1.60. The second-order valence-electron chi connectivity index (χ2n) is 6.61. The summed E-state index contributed by atoms with van der Waals surface area (Å²) in [6.07, 6.45) is -2.42. The standard InChI is InChI=1S/C20H14F4N2O4/c1-10-7-15-16(30-20(23,24)29-15)8-12(10)11-5-6-17(25-9-11)26-19(27,28)18-13(21)3-2-4-14(18)22/h2-9,27-28H,1H3,(H,25,26). The molecular weight excluding hydrogens is 408 g/mol. The van der Waals surface area contributed by atoms with Gasteiger partial charge in [-0.15, -0.1) is 8.78 Å². The molecule has 0 fully saturated rings. The van der Waals surface area contributed by atoms with Gasteiger partial charge in [0.15, 0.2) is 11.5 Å². The molecule has 3 N–H and O–H groups in total. The molecule has 6 nitrogen and oxygen atoms in total. The predicted octanol–water partition coefficient (Wildman–Crippen LogP) is 3.86. The minimum atomic E-state index is -3.74. The van der Waals surface area contributed by atoms with E-state index < -0.39 is 29.4 Å². The molecule has 1 aliphatic rings. The van der Waals surface area contributed by atoms with Crippen LogP contribution in [0, 0.1) is 18.6 Å². The molecule has 2 heterocycles. The lowest BCUT2D eigenvalue weighted by Crippen LogP contribution is -2.37. The molecule has 156 valence electrons. The van der Waals surface area contributed by atoms with E-state index in [9.17, 15) is 27.8 Å². The molecule has 3 aromatic rings.